The summed E-state index contributed by atoms with van der Waals surface area (Å²) in [5.41, 5.74) is 3.98. The number of allylic oxidation sites excluding steroid dienone is 1. The number of likely N-dealkylation sites (tertiary alicyclic amines) is 1. The van der Waals surface area contributed by atoms with E-state index in [0.717, 1.165) is 47.1 Å². The maximum absolute atomic E-state index is 13.1. The third-order valence-electron chi connectivity index (χ3n) is 7.35. The Hall–Kier alpha value is -3.48. The van der Waals surface area contributed by atoms with Crippen LogP contribution in [0.3, 0.4) is 0 Å². The van der Waals surface area contributed by atoms with Crippen LogP contribution in [0, 0.1) is 0 Å². The number of benzene rings is 2. The first-order chi connectivity index (χ1) is 17.3. The quantitative estimate of drug-likeness (QED) is 0.367. The van der Waals surface area contributed by atoms with E-state index in [1.165, 1.54) is 5.57 Å². The maximum atomic E-state index is 13.1. The molecule has 6 nitrogen and oxygen atoms in total. The fourth-order valence-corrected chi connectivity index (χ4v) is 5.01. The standard InChI is InChI=1S/C30H33N3O3/c1-4-21(2)19-33-14-11-30(35,12-15-33)25-8-10-27-24(17-25)18-28(36-27)29(34)32(3)20-22-7-9-26-23(16-22)6-5-13-31-26/h4-10,13,16-18,35H,11-12,14-15,19-20H2,1-3H3/b21-4+. The summed E-state index contributed by atoms with van der Waals surface area (Å²) < 4.78 is 5.91. The van der Waals surface area contributed by atoms with E-state index in [0.29, 0.717) is 30.7 Å². The molecule has 0 radical (unpaired) electrons. The summed E-state index contributed by atoms with van der Waals surface area (Å²) in [5, 5.41) is 13.3. The van der Waals surface area contributed by atoms with E-state index in [-0.39, 0.29) is 5.91 Å². The van der Waals surface area contributed by atoms with Gasteiger partial charge in [0.1, 0.15) is 5.58 Å². The summed E-state index contributed by atoms with van der Waals surface area (Å²) in [4.78, 5) is 21.5. The number of pyridine rings is 1. The number of hydrogen-bond acceptors (Lipinski definition) is 5. The van der Waals surface area contributed by atoms with Crippen molar-refractivity contribution in [3.8, 4) is 0 Å². The Bertz CT molecular complexity index is 1430. The van der Waals surface area contributed by atoms with E-state index in [2.05, 4.69) is 35.9 Å². The van der Waals surface area contributed by atoms with E-state index in [4.69, 9.17) is 4.42 Å². The average molecular weight is 484 g/mol. The van der Waals surface area contributed by atoms with Gasteiger partial charge in [0.15, 0.2) is 5.76 Å². The molecule has 0 spiro atoms. The van der Waals surface area contributed by atoms with Crippen molar-refractivity contribution < 1.29 is 14.3 Å². The predicted molar refractivity (Wildman–Crippen MR) is 143 cm³/mol. The molecule has 0 unspecified atom stereocenters. The van der Waals surface area contributed by atoms with Gasteiger partial charge in [-0.15, -0.1) is 0 Å². The second-order valence-corrected chi connectivity index (χ2v) is 10.00. The third-order valence-corrected chi connectivity index (χ3v) is 7.35. The number of furan rings is 1. The molecule has 0 atom stereocenters. The minimum atomic E-state index is -0.863. The molecule has 186 valence electrons. The van der Waals surface area contributed by atoms with Crippen molar-refractivity contribution in [3.63, 3.8) is 0 Å². The molecule has 6 heteroatoms. The Morgan fingerprint density at radius 3 is 2.72 bits per heavy atom. The predicted octanol–water partition coefficient (Wildman–Crippen LogP) is 5.50. The normalized spacial score (nSPS) is 16.5. The Morgan fingerprint density at radius 2 is 1.94 bits per heavy atom. The number of nitrogens with zero attached hydrogens (tertiary/aromatic N) is 3. The number of aliphatic hydroxyl groups is 1. The minimum absolute atomic E-state index is 0.176. The van der Waals surface area contributed by atoms with Gasteiger partial charge in [-0.3, -0.25) is 14.7 Å². The lowest BCUT2D eigenvalue weighted by Gasteiger charge is -2.38. The summed E-state index contributed by atoms with van der Waals surface area (Å²) in [6.45, 7) is 7.32. The van der Waals surface area contributed by atoms with Crippen molar-refractivity contribution in [1.82, 2.24) is 14.8 Å². The van der Waals surface area contributed by atoms with E-state index in [9.17, 15) is 9.90 Å². The monoisotopic (exact) mass is 483 g/mol. The van der Waals surface area contributed by atoms with Crippen molar-refractivity contribution >= 4 is 27.8 Å². The number of carbonyl (C=O) groups is 1. The molecule has 1 N–H and O–H groups in total. The van der Waals surface area contributed by atoms with Crippen LogP contribution in [0.15, 0.2) is 76.9 Å². The summed E-state index contributed by atoms with van der Waals surface area (Å²) >= 11 is 0. The van der Waals surface area contributed by atoms with Crippen LogP contribution in [0.25, 0.3) is 21.9 Å². The number of carbonyl (C=O) groups excluding carboxylic acids is 1. The SMILES string of the molecule is C/C=C(\C)CN1CCC(O)(c2ccc3oc(C(=O)N(C)Cc4ccc5ncccc5c4)cc3c2)CC1. The molecule has 0 bridgehead atoms. The Labute approximate surface area is 211 Å². The van der Waals surface area contributed by atoms with E-state index in [1.54, 1.807) is 24.2 Å². The molecular formula is C30H33N3O3. The van der Waals surface area contributed by atoms with Gasteiger partial charge in [-0.2, -0.15) is 0 Å². The fraction of sp³-hybridized carbons (Fsp3) is 0.333. The summed E-state index contributed by atoms with van der Waals surface area (Å²) in [6, 6.07) is 17.5. The van der Waals surface area contributed by atoms with Gasteiger partial charge in [0.25, 0.3) is 5.91 Å². The maximum Gasteiger partial charge on any atom is 0.289 e. The molecule has 2 aromatic carbocycles. The molecule has 0 saturated carbocycles. The molecule has 36 heavy (non-hydrogen) atoms. The van der Waals surface area contributed by atoms with Gasteiger partial charge in [-0.05, 0) is 74.2 Å². The zero-order valence-electron chi connectivity index (χ0n) is 21.2. The van der Waals surface area contributed by atoms with Crippen molar-refractivity contribution in [1.29, 1.82) is 0 Å². The number of piperidine rings is 1. The topological polar surface area (TPSA) is 69.8 Å². The molecular weight excluding hydrogens is 450 g/mol. The second-order valence-electron chi connectivity index (χ2n) is 10.00. The highest BCUT2D eigenvalue weighted by atomic mass is 16.3. The van der Waals surface area contributed by atoms with Crippen molar-refractivity contribution in [2.75, 3.05) is 26.7 Å². The summed E-state index contributed by atoms with van der Waals surface area (Å²) in [5.74, 6) is 0.126. The zero-order chi connectivity index (χ0) is 25.3. The summed E-state index contributed by atoms with van der Waals surface area (Å²) in [7, 11) is 1.78. The van der Waals surface area contributed by atoms with E-state index >= 15 is 0 Å². The summed E-state index contributed by atoms with van der Waals surface area (Å²) in [6.07, 6.45) is 5.29. The highest BCUT2D eigenvalue weighted by Gasteiger charge is 2.34. The third kappa shape index (κ3) is 4.92. The lowest BCUT2D eigenvalue weighted by molar-refractivity contribution is -0.0238. The molecule has 1 saturated heterocycles. The molecule has 5 rings (SSSR count). The largest absolute Gasteiger partial charge is 0.451 e. The molecule has 1 aliphatic heterocycles. The number of fused-ring (bicyclic) bond motifs is 2. The minimum Gasteiger partial charge on any atom is -0.451 e. The van der Waals surface area contributed by atoms with E-state index < -0.39 is 5.60 Å². The Balaban J connectivity index is 1.29. The molecule has 1 amide bonds. The van der Waals surface area contributed by atoms with Crippen LogP contribution in [0.4, 0.5) is 0 Å². The molecule has 0 aliphatic carbocycles. The zero-order valence-corrected chi connectivity index (χ0v) is 21.2. The smallest absolute Gasteiger partial charge is 0.289 e. The first-order valence-corrected chi connectivity index (χ1v) is 12.5. The van der Waals surface area contributed by atoms with Gasteiger partial charge >= 0.3 is 0 Å². The van der Waals surface area contributed by atoms with Gasteiger partial charge in [-0.25, -0.2) is 0 Å². The first-order valence-electron chi connectivity index (χ1n) is 12.5. The molecule has 1 fully saturated rings. The van der Waals surface area contributed by atoms with Crippen LogP contribution in [0.2, 0.25) is 0 Å². The van der Waals surface area contributed by atoms with Crippen LogP contribution in [0.1, 0.15) is 48.4 Å². The fourth-order valence-electron chi connectivity index (χ4n) is 5.01. The van der Waals surface area contributed by atoms with Crippen LogP contribution in [-0.4, -0.2) is 52.5 Å². The van der Waals surface area contributed by atoms with Gasteiger partial charge in [0, 0.05) is 50.2 Å². The highest BCUT2D eigenvalue weighted by Crippen LogP contribution is 2.35. The molecule has 4 aromatic rings. The van der Waals surface area contributed by atoms with Gasteiger partial charge in [0.2, 0.25) is 0 Å². The first kappa shape index (κ1) is 24.2. The van der Waals surface area contributed by atoms with E-state index in [1.807, 2.05) is 42.5 Å². The lowest BCUT2D eigenvalue weighted by atomic mass is 9.84. The average Bonchev–Trinajstić information content (AvgIpc) is 3.33. The number of aromatic nitrogens is 1. The molecule has 2 aromatic heterocycles. The number of hydrogen-bond donors (Lipinski definition) is 1. The van der Waals surface area contributed by atoms with Crippen molar-refractivity contribution in [2.24, 2.45) is 0 Å². The Morgan fingerprint density at radius 1 is 1.14 bits per heavy atom. The lowest BCUT2D eigenvalue weighted by Crippen LogP contribution is -2.43. The van der Waals surface area contributed by atoms with Gasteiger partial charge in [0.05, 0.1) is 11.1 Å². The van der Waals surface area contributed by atoms with Gasteiger partial charge in [-0.1, -0.05) is 29.8 Å². The van der Waals surface area contributed by atoms with Crippen LogP contribution in [-0.2, 0) is 12.1 Å². The Kier molecular flexibility index (Phi) is 6.65. The van der Waals surface area contributed by atoms with Crippen LogP contribution < -0.4 is 0 Å². The van der Waals surface area contributed by atoms with Crippen LogP contribution in [0.5, 0.6) is 0 Å². The highest BCUT2D eigenvalue weighted by molar-refractivity contribution is 5.96. The van der Waals surface area contributed by atoms with Crippen LogP contribution >= 0.6 is 0 Å². The number of rotatable bonds is 6. The van der Waals surface area contributed by atoms with Crippen molar-refractivity contribution in [3.05, 3.63) is 89.3 Å². The second kappa shape index (κ2) is 9.88. The number of amides is 1. The van der Waals surface area contributed by atoms with Crippen molar-refractivity contribution in [2.45, 2.75) is 38.8 Å². The molecule has 1 aliphatic rings. The molecule has 3 heterocycles. The van der Waals surface area contributed by atoms with Gasteiger partial charge < -0.3 is 14.4 Å².